The van der Waals surface area contributed by atoms with Crippen LogP contribution in [0.25, 0.3) is 0 Å². The fraction of sp³-hybridized carbons (Fsp3) is 0.286. The highest BCUT2D eigenvalue weighted by molar-refractivity contribution is 5.36. The average Bonchev–Trinajstić information content (AvgIpc) is 2.40. The van der Waals surface area contributed by atoms with Gasteiger partial charge in [-0.2, -0.15) is 10.2 Å². The molecule has 19 heavy (non-hydrogen) atoms. The van der Waals surface area contributed by atoms with Crippen LogP contribution in [0.15, 0.2) is 24.3 Å². The molecule has 5 heteroatoms. The van der Waals surface area contributed by atoms with Crippen molar-refractivity contribution in [2.24, 2.45) is 0 Å². The number of benzene rings is 1. The van der Waals surface area contributed by atoms with Crippen LogP contribution in [0.5, 0.6) is 5.75 Å². The van der Waals surface area contributed by atoms with Crippen LogP contribution in [0.4, 0.5) is 4.39 Å². The molecule has 1 atom stereocenters. The van der Waals surface area contributed by atoms with Gasteiger partial charge in [0.15, 0.2) is 11.6 Å². The number of hydrogen-bond donors (Lipinski definition) is 1. The van der Waals surface area contributed by atoms with Crippen LogP contribution < -0.4 is 4.74 Å². The fourth-order valence-corrected chi connectivity index (χ4v) is 1.88. The maximum Gasteiger partial charge on any atom is 0.165 e. The second-order valence-electron chi connectivity index (χ2n) is 4.32. The summed E-state index contributed by atoms with van der Waals surface area (Å²) in [4.78, 5) is 0. The van der Waals surface area contributed by atoms with E-state index in [-0.39, 0.29) is 5.75 Å². The monoisotopic (exact) mass is 262 g/mol. The molecule has 2 aromatic rings. The molecule has 0 fully saturated rings. The molecule has 0 amide bonds. The summed E-state index contributed by atoms with van der Waals surface area (Å²) in [6.45, 7) is 3.54. The molecule has 100 valence electrons. The summed E-state index contributed by atoms with van der Waals surface area (Å²) < 4.78 is 18.5. The Bertz CT molecular complexity index is 602. The van der Waals surface area contributed by atoms with Gasteiger partial charge in [0.05, 0.1) is 18.5 Å². The van der Waals surface area contributed by atoms with E-state index < -0.39 is 11.9 Å². The Labute approximate surface area is 110 Å². The minimum Gasteiger partial charge on any atom is -0.494 e. The zero-order valence-electron chi connectivity index (χ0n) is 11.0. The second kappa shape index (κ2) is 5.32. The number of aliphatic hydroxyl groups is 1. The molecule has 0 radical (unpaired) electrons. The Hall–Kier alpha value is -2.01. The van der Waals surface area contributed by atoms with Crippen LogP contribution >= 0.6 is 0 Å². The summed E-state index contributed by atoms with van der Waals surface area (Å²) >= 11 is 0. The molecule has 1 aromatic carbocycles. The Morgan fingerprint density at radius 3 is 2.58 bits per heavy atom. The standard InChI is InChI=1S/C14H15FN2O2/c1-8-6-11(9(2)17-16-8)14(18)10-4-5-13(19-3)12(15)7-10/h4-7,14,18H,1-3H3. The van der Waals surface area contributed by atoms with Crippen molar-refractivity contribution < 1.29 is 14.2 Å². The lowest BCUT2D eigenvalue weighted by molar-refractivity contribution is 0.218. The van der Waals surface area contributed by atoms with Crippen LogP contribution in [0.1, 0.15) is 28.6 Å². The van der Waals surface area contributed by atoms with E-state index in [1.807, 2.05) is 0 Å². The molecule has 0 aliphatic heterocycles. The molecule has 1 unspecified atom stereocenters. The van der Waals surface area contributed by atoms with Gasteiger partial charge in [-0.3, -0.25) is 0 Å². The Morgan fingerprint density at radius 1 is 1.21 bits per heavy atom. The van der Waals surface area contributed by atoms with E-state index >= 15 is 0 Å². The number of methoxy groups -OCH3 is 1. The number of hydrogen-bond acceptors (Lipinski definition) is 4. The van der Waals surface area contributed by atoms with E-state index in [0.29, 0.717) is 22.5 Å². The van der Waals surface area contributed by atoms with Crippen molar-refractivity contribution in [2.45, 2.75) is 20.0 Å². The lowest BCUT2D eigenvalue weighted by Crippen LogP contribution is -2.06. The van der Waals surface area contributed by atoms with Crippen LogP contribution in [-0.4, -0.2) is 22.4 Å². The number of aromatic nitrogens is 2. The first kappa shape index (κ1) is 13.4. The van der Waals surface area contributed by atoms with E-state index in [1.165, 1.54) is 19.2 Å². The average molecular weight is 262 g/mol. The van der Waals surface area contributed by atoms with Gasteiger partial charge in [0.25, 0.3) is 0 Å². The van der Waals surface area contributed by atoms with Gasteiger partial charge >= 0.3 is 0 Å². The molecular formula is C14H15FN2O2. The third-order valence-electron chi connectivity index (χ3n) is 2.93. The molecular weight excluding hydrogens is 247 g/mol. The Kier molecular flexibility index (Phi) is 3.76. The summed E-state index contributed by atoms with van der Waals surface area (Å²) in [6, 6.07) is 6.13. The predicted octanol–water partition coefficient (Wildman–Crippen LogP) is 2.32. The summed E-state index contributed by atoms with van der Waals surface area (Å²) in [5, 5.41) is 18.2. The first-order chi connectivity index (χ1) is 9.02. The summed E-state index contributed by atoms with van der Waals surface area (Å²) in [7, 11) is 1.40. The third kappa shape index (κ3) is 2.71. The number of ether oxygens (including phenoxy) is 1. The largest absolute Gasteiger partial charge is 0.494 e. The molecule has 2 rings (SSSR count). The Morgan fingerprint density at radius 2 is 1.95 bits per heavy atom. The van der Waals surface area contributed by atoms with Crippen molar-refractivity contribution >= 4 is 0 Å². The van der Waals surface area contributed by atoms with Crippen molar-refractivity contribution in [1.82, 2.24) is 10.2 Å². The van der Waals surface area contributed by atoms with Crippen molar-refractivity contribution in [3.05, 3.63) is 52.6 Å². The smallest absolute Gasteiger partial charge is 0.165 e. The van der Waals surface area contributed by atoms with Gasteiger partial charge in [0.1, 0.15) is 6.10 Å². The van der Waals surface area contributed by atoms with E-state index in [0.717, 1.165) is 0 Å². The van der Waals surface area contributed by atoms with Crippen LogP contribution in [0.2, 0.25) is 0 Å². The molecule has 0 spiro atoms. The normalized spacial score (nSPS) is 12.3. The number of rotatable bonds is 3. The van der Waals surface area contributed by atoms with Gasteiger partial charge in [0, 0.05) is 5.56 Å². The molecule has 0 saturated heterocycles. The Balaban J connectivity index is 2.41. The molecule has 4 nitrogen and oxygen atoms in total. The lowest BCUT2D eigenvalue weighted by atomic mass is 10.00. The van der Waals surface area contributed by atoms with Crippen molar-refractivity contribution in [3.8, 4) is 5.75 Å². The third-order valence-corrected chi connectivity index (χ3v) is 2.93. The summed E-state index contributed by atoms with van der Waals surface area (Å²) in [5.41, 5.74) is 2.40. The van der Waals surface area contributed by atoms with Gasteiger partial charge in [-0.05, 0) is 37.6 Å². The number of halogens is 1. The minimum atomic E-state index is -0.936. The van der Waals surface area contributed by atoms with Crippen molar-refractivity contribution in [1.29, 1.82) is 0 Å². The van der Waals surface area contributed by atoms with Crippen molar-refractivity contribution in [2.75, 3.05) is 7.11 Å². The zero-order valence-corrected chi connectivity index (χ0v) is 11.0. The lowest BCUT2D eigenvalue weighted by Gasteiger charge is -2.14. The molecule has 1 aromatic heterocycles. The molecule has 0 aliphatic carbocycles. The van der Waals surface area contributed by atoms with Gasteiger partial charge < -0.3 is 9.84 Å². The van der Waals surface area contributed by atoms with Crippen LogP contribution in [0, 0.1) is 19.7 Å². The summed E-state index contributed by atoms with van der Waals surface area (Å²) in [5.74, 6) is -0.354. The SMILES string of the molecule is COc1ccc(C(O)c2cc(C)nnc2C)cc1F. The highest BCUT2D eigenvalue weighted by Gasteiger charge is 2.16. The first-order valence-electron chi connectivity index (χ1n) is 5.85. The minimum absolute atomic E-state index is 0.150. The predicted molar refractivity (Wildman–Crippen MR) is 68.5 cm³/mol. The molecule has 0 bridgehead atoms. The first-order valence-corrected chi connectivity index (χ1v) is 5.85. The number of nitrogens with zero attached hydrogens (tertiary/aromatic N) is 2. The van der Waals surface area contributed by atoms with Crippen molar-refractivity contribution in [3.63, 3.8) is 0 Å². The quantitative estimate of drug-likeness (QED) is 0.922. The maximum absolute atomic E-state index is 13.6. The summed E-state index contributed by atoms with van der Waals surface area (Å²) in [6.07, 6.45) is -0.936. The van der Waals surface area contributed by atoms with E-state index in [1.54, 1.807) is 26.0 Å². The van der Waals surface area contributed by atoms with E-state index in [4.69, 9.17) is 4.74 Å². The fourth-order valence-electron chi connectivity index (χ4n) is 1.88. The zero-order chi connectivity index (χ0) is 14.0. The number of aliphatic hydroxyl groups excluding tert-OH is 1. The molecule has 1 N–H and O–H groups in total. The topological polar surface area (TPSA) is 55.2 Å². The molecule has 0 aliphatic rings. The van der Waals surface area contributed by atoms with E-state index in [2.05, 4.69) is 10.2 Å². The molecule has 0 saturated carbocycles. The van der Waals surface area contributed by atoms with Crippen LogP contribution in [-0.2, 0) is 0 Å². The number of aryl methyl sites for hydroxylation is 2. The van der Waals surface area contributed by atoms with Gasteiger partial charge in [0.2, 0.25) is 0 Å². The highest BCUT2D eigenvalue weighted by atomic mass is 19.1. The maximum atomic E-state index is 13.6. The van der Waals surface area contributed by atoms with Gasteiger partial charge in [-0.1, -0.05) is 6.07 Å². The van der Waals surface area contributed by atoms with E-state index in [9.17, 15) is 9.50 Å². The molecule has 1 heterocycles. The highest BCUT2D eigenvalue weighted by Crippen LogP contribution is 2.27. The van der Waals surface area contributed by atoms with Gasteiger partial charge in [-0.15, -0.1) is 0 Å². The van der Waals surface area contributed by atoms with Crippen LogP contribution in [0.3, 0.4) is 0 Å². The second-order valence-corrected chi connectivity index (χ2v) is 4.32. The van der Waals surface area contributed by atoms with Gasteiger partial charge in [-0.25, -0.2) is 4.39 Å².